The minimum atomic E-state index is 0.204. The van der Waals surface area contributed by atoms with Gasteiger partial charge in [-0.05, 0) is 43.4 Å². The van der Waals surface area contributed by atoms with Crippen LogP contribution in [0.2, 0.25) is 5.02 Å². The molecular weight excluding hydrogens is 358 g/mol. The molecule has 1 aliphatic heterocycles. The minimum absolute atomic E-state index is 0.204. The first-order valence-electron chi connectivity index (χ1n) is 9.34. The fraction of sp³-hybridized carbons (Fsp3) is 0.333. The van der Waals surface area contributed by atoms with Crippen LogP contribution in [0.15, 0.2) is 55.0 Å². The van der Waals surface area contributed by atoms with Crippen molar-refractivity contribution in [2.75, 3.05) is 33.2 Å². The summed E-state index contributed by atoms with van der Waals surface area (Å²) in [5.41, 5.74) is 4.47. The smallest absolute Gasteiger partial charge is 0.117 e. The zero-order valence-corrected chi connectivity index (χ0v) is 16.5. The summed E-state index contributed by atoms with van der Waals surface area (Å²) >= 11 is 6.14. The summed E-state index contributed by atoms with van der Waals surface area (Å²) in [6, 6.07) is 12.1. The van der Waals surface area contributed by atoms with Gasteiger partial charge in [0.25, 0.3) is 0 Å². The molecule has 0 radical (unpaired) electrons. The Kier molecular flexibility index (Phi) is 5.25. The van der Waals surface area contributed by atoms with Crippen LogP contribution in [-0.4, -0.2) is 57.8 Å². The Morgan fingerprint density at radius 3 is 2.48 bits per heavy atom. The van der Waals surface area contributed by atoms with Crippen molar-refractivity contribution in [2.24, 2.45) is 0 Å². The highest BCUT2D eigenvalue weighted by molar-refractivity contribution is 6.30. The van der Waals surface area contributed by atoms with Gasteiger partial charge in [-0.2, -0.15) is 5.10 Å². The van der Waals surface area contributed by atoms with Crippen molar-refractivity contribution in [3.05, 3.63) is 60.0 Å². The maximum Gasteiger partial charge on any atom is 0.117 e. The molecule has 1 saturated heterocycles. The van der Waals surface area contributed by atoms with E-state index in [0.717, 1.165) is 53.6 Å². The van der Waals surface area contributed by atoms with E-state index >= 15 is 0 Å². The number of aromatic nitrogens is 3. The molecule has 1 atom stereocenters. The summed E-state index contributed by atoms with van der Waals surface area (Å²) in [7, 11) is 2.18. The molecule has 0 aliphatic carbocycles. The van der Waals surface area contributed by atoms with E-state index in [4.69, 9.17) is 16.7 Å². The number of likely N-dealkylation sites (N-methyl/N-ethyl adjacent to an activating group) is 2. The van der Waals surface area contributed by atoms with Crippen molar-refractivity contribution in [1.29, 1.82) is 0 Å². The van der Waals surface area contributed by atoms with Gasteiger partial charge in [0.15, 0.2) is 0 Å². The van der Waals surface area contributed by atoms with E-state index in [1.165, 1.54) is 0 Å². The lowest BCUT2D eigenvalue weighted by Gasteiger charge is -2.40. The number of nitrogens with zero attached hydrogens (tertiary/aromatic N) is 5. The molecular formula is C21H24ClN5. The second kappa shape index (κ2) is 7.80. The topological polar surface area (TPSA) is 37.2 Å². The molecule has 1 unspecified atom stereocenters. The van der Waals surface area contributed by atoms with Crippen LogP contribution in [-0.2, 0) is 0 Å². The van der Waals surface area contributed by atoms with Crippen LogP contribution < -0.4 is 0 Å². The molecule has 5 nitrogen and oxygen atoms in total. The van der Waals surface area contributed by atoms with Gasteiger partial charge in [0.2, 0.25) is 0 Å². The molecule has 0 amide bonds. The van der Waals surface area contributed by atoms with Gasteiger partial charge in [0.05, 0.1) is 11.9 Å². The molecule has 3 aromatic rings. The van der Waals surface area contributed by atoms with E-state index in [2.05, 4.69) is 45.6 Å². The molecule has 0 N–H and O–H groups in total. The number of hydrogen-bond donors (Lipinski definition) is 0. The lowest BCUT2D eigenvalue weighted by atomic mass is 10.0. The summed E-state index contributed by atoms with van der Waals surface area (Å²) in [4.78, 5) is 9.02. The summed E-state index contributed by atoms with van der Waals surface area (Å²) in [6.07, 6.45) is 5.83. The van der Waals surface area contributed by atoms with Crippen molar-refractivity contribution in [3.8, 4) is 22.4 Å². The van der Waals surface area contributed by atoms with E-state index in [1.54, 1.807) is 0 Å². The van der Waals surface area contributed by atoms with E-state index in [1.807, 2.05) is 42.9 Å². The van der Waals surface area contributed by atoms with Gasteiger partial charge in [0, 0.05) is 48.2 Å². The first kappa shape index (κ1) is 18.2. The number of pyridine rings is 1. The molecule has 6 heteroatoms. The van der Waals surface area contributed by atoms with Crippen molar-refractivity contribution in [2.45, 2.75) is 13.1 Å². The summed E-state index contributed by atoms with van der Waals surface area (Å²) in [5.74, 6) is 0. The van der Waals surface area contributed by atoms with Gasteiger partial charge in [-0.15, -0.1) is 0 Å². The molecule has 140 valence electrons. The molecule has 1 fully saturated rings. The molecule has 4 rings (SSSR count). The van der Waals surface area contributed by atoms with Gasteiger partial charge in [0.1, 0.15) is 6.17 Å². The SMILES string of the molecule is CCN1CCN(C)CC1n1ncc(-c2ccncc2)c1-c1ccc(Cl)cc1. The Bertz CT molecular complexity index is 891. The molecule has 1 aliphatic rings. The Labute approximate surface area is 165 Å². The van der Waals surface area contributed by atoms with Crippen LogP contribution in [0.3, 0.4) is 0 Å². The van der Waals surface area contributed by atoms with Crippen LogP contribution in [0.1, 0.15) is 13.1 Å². The molecule has 1 aromatic carbocycles. The molecule has 0 bridgehead atoms. The quantitative estimate of drug-likeness (QED) is 0.683. The van der Waals surface area contributed by atoms with Crippen LogP contribution in [0.5, 0.6) is 0 Å². The maximum absolute atomic E-state index is 6.14. The number of benzene rings is 1. The Morgan fingerprint density at radius 2 is 1.78 bits per heavy atom. The van der Waals surface area contributed by atoms with Crippen molar-refractivity contribution < 1.29 is 0 Å². The highest BCUT2D eigenvalue weighted by Gasteiger charge is 2.29. The maximum atomic E-state index is 6.14. The van der Waals surface area contributed by atoms with Gasteiger partial charge in [-0.3, -0.25) is 9.88 Å². The van der Waals surface area contributed by atoms with Crippen LogP contribution in [0.4, 0.5) is 0 Å². The zero-order chi connectivity index (χ0) is 18.8. The number of piperazine rings is 1. The third kappa shape index (κ3) is 3.63. The Morgan fingerprint density at radius 1 is 1.04 bits per heavy atom. The normalized spacial score (nSPS) is 18.7. The van der Waals surface area contributed by atoms with Crippen LogP contribution in [0.25, 0.3) is 22.4 Å². The first-order chi connectivity index (χ1) is 13.2. The van der Waals surface area contributed by atoms with E-state index in [0.29, 0.717) is 0 Å². The molecule has 2 aromatic heterocycles. The van der Waals surface area contributed by atoms with Gasteiger partial charge in [-0.1, -0.05) is 30.7 Å². The van der Waals surface area contributed by atoms with Crippen molar-refractivity contribution in [3.63, 3.8) is 0 Å². The summed E-state index contributed by atoms with van der Waals surface area (Å²) in [6.45, 7) is 6.30. The van der Waals surface area contributed by atoms with Gasteiger partial charge in [-0.25, -0.2) is 4.68 Å². The third-order valence-electron chi connectivity index (χ3n) is 5.26. The van der Waals surface area contributed by atoms with Gasteiger partial charge >= 0.3 is 0 Å². The van der Waals surface area contributed by atoms with Crippen LogP contribution in [0, 0.1) is 0 Å². The molecule has 3 heterocycles. The van der Waals surface area contributed by atoms with E-state index in [9.17, 15) is 0 Å². The second-order valence-corrected chi connectivity index (χ2v) is 7.40. The van der Waals surface area contributed by atoms with Crippen molar-refractivity contribution >= 4 is 11.6 Å². The lowest BCUT2D eigenvalue weighted by Crippen LogP contribution is -2.49. The van der Waals surface area contributed by atoms with Crippen molar-refractivity contribution in [1.82, 2.24) is 24.6 Å². The average Bonchev–Trinajstić information content (AvgIpc) is 3.14. The highest BCUT2D eigenvalue weighted by Crippen LogP contribution is 2.35. The largest absolute Gasteiger partial charge is 0.302 e. The zero-order valence-electron chi connectivity index (χ0n) is 15.7. The van der Waals surface area contributed by atoms with Crippen LogP contribution >= 0.6 is 11.6 Å². The first-order valence-corrected chi connectivity index (χ1v) is 9.71. The molecule has 27 heavy (non-hydrogen) atoms. The number of halogens is 1. The van der Waals surface area contributed by atoms with Gasteiger partial charge < -0.3 is 4.90 Å². The predicted molar refractivity (Wildman–Crippen MR) is 110 cm³/mol. The third-order valence-corrected chi connectivity index (χ3v) is 5.51. The summed E-state index contributed by atoms with van der Waals surface area (Å²) in [5, 5.41) is 5.58. The lowest BCUT2D eigenvalue weighted by molar-refractivity contribution is 0.0457. The summed E-state index contributed by atoms with van der Waals surface area (Å²) < 4.78 is 2.18. The standard InChI is InChI=1S/C21H24ClN5/c1-3-26-13-12-25(2)15-20(26)27-21(17-4-6-18(22)7-5-17)19(14-24-27)16-8-10-23-11-9-16/h4-11,14,20H,3,12-13,15H2,1-2H3. The average molecular weight is 382 g/mol. The molecule has 0 spiro atoms. The Balaban J connectivity index is 1.86. The molecule has 0 saturated carbocycles. The van der Waals surface area contributed by atoms with E-state index < -0.39 is 0 Å². The number of hydrogen-bond acceptors (Lipinski definition) is 4. The highest BCUT2D eigenvalue weighted by atomic mass is 35.5. The predicted octanol–water partition coefficient (Wildman–Crippen LogP) is 4.03. The van der Waals surface area contributed by atoms with E-state index in [-0.39, 0.29) is 6.17 Å². The second-order valence-electron chi connectivity index (χ2n) is 6.97. The number of rotatable bonds is 4. The Hall–Kier alpha value is -2.21. The fourth-order valence-electron chi connectivity index (χ4n) is 3.76. The minimum Gasteiger partial charge on any atom is -0.302 e. The fourth-order valence-corrected chi connectivity index (χ4v) is 3.89. The monoisotopic (exact) mass is 381 g/mol.